The van der Waals surface area contributed by atoms with Crippen molar-refractivity contribution in [2.24, 2.45) is 5.73 Å². The summed E-state index contributed by atoms with van der Waals surface area (Å²) in [5, 5.41) is 0.618. The zero-order chi connectivity index (χ0) is 7.68. The van der Waals surface area contributed by atoms with E-state index in [0.717, 1.165) is 13.0 Å². The Balaban J connectivity index is 2.27. The van der Waals surface area contributed by atoms with Crippen LogP contribution in [0.4, 0.5) is 0 Å². The molecule has 2 heteroatoms. The average Bonchev–Trinajstić information content (AvgIpc) is 2.46. The minimum absolute atomic E-state index is 0.618. The molecule has 1 nitrogen and oxygen atoms in total. The summed E-state index contributed by atoms with van der Waals surface area (Å²) in [5.41, 5.74) is 7.06. The lowest BCUT2D eigenvalue weighted by Crippen LogP contribution is -2.15. The lowest BCUT2D eigenvalue weighted by atomic mass is 10.1. The van der Waals surface area contributed by atoms with Crippen LogP contribution in [0.3, 0.4) is 0 Å². The second-order valence-electron chi connectivity index (χ2n) is 2.79. The fourth-order valence-electron chi connectivity index (χ4n) is 1.39. The van der Waals surface area contributed by atoms with Gasteiger partial charge >= 0.3 is 0 Å². The molecule has 58 valence electrons. The Morgan fingerprint density at radius 1 is 1.45 bits per heavy atom. The van der Waals surface area contributed by atoms with E-state index >= 15 is 0 Å². The largest absolute Gasteiger partial charge is 0.329 e. The van der Waals surface area contributed by atoms with Gasteiger partial charge in [0.25, 0.3) is 0 Å². The number of benzene rings is 1. The van der Waals surface area contributed by atoms with Crippen molar-refractivity contribution < 1.29 is 0 Å². The molecule has 1 atom stereocenters. The van der Waals surface area contributed by atoms with E-state index < -0.39 is 0 Å². The number of nitrogens with two attached hydrogens (primary N) is 1. The number of hydrogen-bond acceptors (Lipinski definition) is 2. The molecule has 0 aliphatic carbocycles. The first-order chi connectivity index (χ1) is 5.40. The van der Waals surface area contributed by atoms with Gasteiger partial charge in [-0.3, -0.25) is 0 Å². The van der Waals surface area contributed by atoms with Gasteiger partial charge in [0.2, 0.25) is 0 Å². The van der Waals surface area contributed by atoms with Gasteiger partial charge in [0.1, 0.15) is 0 Å². The molecule has 1 aliphatic rings. The Kier molecular flexibility index (Phi) is 1.88. The van der Waals surface area contributed by atoms with Crippen LogP contribution in [-0.2, 0) is 6.42 Å². The van der Waals surface area contributed by atoms with Gasteiger partial charge in [-0.25, -0.2) is 0 Å². The van der Waals surface area contributed by atoms with Crippen LogP contribution in [0.1, 0.15) is 5.56 Å². The van der Waals surface area contributed by atoms with E-state index in [1.165, 1.54) is 10.5 Å². The second-order valence-corrected chi connectivity index (χ2v) is 4.13. The van der Waals surface area contributed by atoms with Crippen LogP contribution in [0.5, 0.6) is 0 Å². The van der Waals surface area contributed by atoms with Crippen molar-refractivity contribution in [1.82, 2.24) is 0 Å². The molecule has 1 aromatic rings. The zero-order valence-corrected chi connectivity index (χ0v) is 7.10. The fourth-order valence-corrected chi connectivity index (χ4v) is 2.56. The summed E-state index contributed by atoms with van der Waals surface area (Å²) >= 11 is 1.91. The molecule has 1 aliphatic heterocycles. The van der Waals surface area contributed by atoms with Crippen LogP contribution >= 0.6 is 11.8 Å². The van der Waals surface area contributed by atoms with Crippen LogP contribution in [0.2, 0.25) is 0 Å². The molecule has 2 rings (SSSR count). The van der Waals surface area contributed by atoms with Crippen molar-refractivity contribution in [3.8, 4) is 0 Å². The van der Waals surface area contributed by atoms with Gasteiger partial charge in [-0.15, -0.1) is 11.8 Å². The van der Waals surface area contributed by atoms with E-state index in [4.69, 9.17) is 5.73 Å². The number of fused-ring (bicyclic) bond motifs is 1. The van der Waals surface area contributed by atoms with E-state index in [9.17, 15) is 0 Å². The van der Waals surface area contributed by atoms with Crippen molar-refractivity contribution >= 4 is 11.8 Å². The number of rotatable bonds is 1. The predicted octanol–water partition coefficient (Wildman–Crippen LogP) is 1.66. The maximum atomic E-state index is 5.59. The smallest absolute Gasteiger partial charge is 0.0258 e. The normalized spacial score (nSPS) is 21.7. The van der Waals surface area contributed by atoms with Crippen molar-refractivity contribution in [2.45, 2.75) is 16.6 Å². The molecule has 0 unspecified atom stereocenters. The van der Waals surface area contributed by atoms with Crippen molar-refractivity contribution in [2.75, 3.05) is 6.54 Å². The molecule has 11 heavy (non-hydrogen) atoms. The van der Waals surface area contributed by atoms with E-state index in [1.807, 2.05) is 11.8 Å². The lowest BCUT2D eigenvalue weighted by Gasteiger charge is -2.00. The fraction of sp³-hybridized carbons (Fsp3) is 0.333. The zero-order valence-electron chi connectivity index (χ0n) is 6.29. The SMILES string of the molecule is NC[C@H]1Cc2ccccc2S1. The van der Waals surface area contributed by atoms with Gasteiger partial charge in [0.05, 0.1) is 0 Å². The molecule has 0 saturated carbocycles. The molecule has 0 saturated heterocycles. The van der Waals surface area contributed by atoms with Crippen molar-refractivity contribution in [3.63, 3.8) is 0 Å². The Labute approximate surface area is 71.0 Å². The average molecular weight is 165 g/mol. The summed E-state index contributed by atoms with van der Waals surface area (Å²) in [5.74, 6) is 0. The Hall–Kier alpha value is -0.470. The third-order valence-electron chi connectivity index (χ3n) is 1.98. The molecule has 0 fully saturated rings. The van der Waals surface area contributed by atoms with Crippen LogP contribution in [0.25, 0.3) is 0 Å². The summed E-state index contributed by atoms with van der Waals surface area (Å²) in [7, 11) is 0. The molecule has 0 spiro atoms. The predicted molar refractivity (Wildman–Crippen MR) is 48.8 cm³/mol. The van der Waals surface area contributed by atoms with Crippen molar-refractivity contribution in [3.05, 3.63) is 29.8 Å². The van der Waals surface area contributed by atoms with Gasteiger partial charge in [-0.1, -0.05) is 18.2 Å². The van der Waals surface area contributed by atoms with Gasteiger partial charge < -0.3 is 5.73 Å². The van der Waals surface area contributed by atoms with Gasteiger partial charge in [0, 0.05) is 16.7 Å². The topological polar surface area (TPSA) is 26.0 Å². The molecule has 1 aromatic carbocycles. The molecular formula is C9H11NS. The van der Waals surface area contributed by atoms with Gasteiger partial charge in [0.15, 0.2) is 0 Å². The first-order valence-electron chi connectivity index (χ1n) is 3.85. The summed E-state index contributed by atoms with van der Waals surface area (Å²) in [6.07, 6.45) is 1.15. The van der Waals surface area contributed by atoms with Gasteiger partial charge in [-0.05, 0) is 18.1 Å². The molecule has 2 N–H and O–H groups in total. The monoisotopic (exact) mass is 165 g/mol. The summed E-state index contributed by atoms with van der Waals surface area (Å²) in [4.78, 5) is 1.42. The van der Waals surface area contributed by atoms with E-state index in [0.29, 0.717) is 5.25 Å². The summed E-state index contributed by atoms with van der Waals surface area (Å²) in [6.45, 7) is 0.791. The van der Waals surface area contributed by atoms with Crippen LogP contribution < -0.4 is 5.73 Å². The minimum Gasteiger partial charge on any atom is -0.329 e. The molecule has 0 aromatic heterocycles. The van der Waals surface area contributed by atoms with E-state index in [-0.39, 0.29) is 0 Å². The van der Waals surface area contributed by atoms with Crippen LogP contribution in [0, 0.1) is 0 Å². The third-order valence-corrected chi connectivity index (χ3v) is 3.32. The molecular weight excluding hydrogens is 154 g/mol. The molecule has 0 bridgehead atoms. The van der Waals surface area contributed by atoms with Crippen molar-refractivity contribution in [1.29, 1.82) is 0 Å². The maximum Gasteiger partial charge on any atom is 0.0258 e. The third kappa shape index (κ3) is 1.28. The first kappa shape index (κ1) is 7.19. The lowest BCUT2D eigenvalue weighted by molar-refractivity contribution is 0.867. The highest BCUT2D eigenvalue weighted by molar-refractivity contribution is 8.00. The summed E-state index contributed by atoms with van der Waals surface area (Å²) < 4.78 is 0. The van der Waals surface area contributed by atoms with Crippen LogP contribution in [-0.4, -0.2) is 11.8 Å². The highest BCUT2D eigenvalue weighted by Gasteiger charge is 2.19. The van der Waals surface area contributed by atoms with Crippen LogP contribution in [0.15, 0.2) is 29.2 Å². The minimum atomic E-state index is 0.618. The second kappa shape index (κ2) is 2.88. The number of hydrogen-bond donors (Lipinski definition) is 1. The quantitative estimate of drug-likeness (QED) is 0.685. The van der Waals surface area contributed by atoms with E-state index in [1.54, 1.807) is 0 Å². The Bertz CT molecular complexity index is 234. The molecule has 1 heterocycles. The maximum absolute atomic E-state index is 5.59. The molecule has 0 amide bonds. The highest BCUT2D eigenvalue weighted by atomic mass is 32.2. The summed E-state index contributed by atoms with van der Waals surface area (Å²) in [6, 6.07) is 8.55. The number of thioether (sulfide) groups is 1. The van der Waals surface area contributed by atoms with E-state index in [2.05, 4.69) is 24.3 Å². The van der Waals surface area contributed by atoms with Gasteiger partial charge in [-0.2, -0.15) is 0 Å². The highest BCUT2D eigenvalue weighted by Crippen LogP contribution is 2.35. The first-order valence-corrected chi connectivity index (χ1v) is 4.73. The Morgan fingerprint density at radius 3 is 3.00 bits per heavy atom. The Morgan fingerprint density at radius 2 is 2.27 bits per heavy atom. The molecule has 0 radical (unpaired) electrons. The standard InChI is InChI=1S/C9H11NS/c10-6-8-5-7-3-1-2-4-9(7)11-8/h1-4,8H,5-6,10H2/t8-/m1/s1.